The van der Waals surface area contributed by atoms with E-state index in [0.717, 1.165) is 24.3 Å². The number of nitrogens with zero attached hydrogens (tertiary/aromatic N) is 3. The molecule has 7 nitrogen and oxygen atoms in total. The molecular weight excluding hydrogens is 368 g/mol. The van der Waals surface area contributed by atoms with E-state index < -0.39 is 5.66 Å². The van der Waals surface area contributed by atoms with Crippen LogP contribution in [0.5, 0.6) is 0 Å². The number of carbonyl (C=O) groups is 2. The molecule has 2 aromatic rings. The van der Waals surface area contributed by atoms with Gasteiger partial charge in [-0.15, -0.1) is 0 Å². The molecule has 5 rings (SSSR count). The predicted molar refractivity (Wildman–Crippen MR) is 110 cm³/mol. The first kappa shape index (κ1) is 18.1. The minimum atomic E-state index is -1.22. The summed E-state index contributed by atoms with van der Waals surface area (Å²) >= 11 is 0. The van der Waals surface area contributed by atoms with E-state index >= 15 is 0 Å². The zero-order valence-corrected chi connectivity index (χ0v) is 16.4. The van der Waals surface area contributed by atoms with E-state index in [-0.39, 0.29) is 11.8 Å². The average molecular weight is 392 g/mol. The minimum absolute atomic E-state index is 0.119. The Morgan fingerprint density at radius 1 is 1.00 bits per heavy atom. The third kappa shape index (κ3) is 2.65. The van der Waals surface area contributed by atoms with Crippen molar-refractivity contribution in [3.63, 3.8) is 0 Å². The molecule has 1 atom stereocenters. The summed E-state index contributed by atoms with van der Waals surface area (Å²) in [5, 5.41) is 3.45. The van der Waals surface area contributed by atoms with Gasteiger partial charge in [-0.25, -0.2) is 0 Å². The molecule has 0 bridgehead atoms. The second-order valence-electron chi connectivity index (χ2n) is 7.67. The predicted octanol–water partition coefficient (Wildman–Crippen LogP) is 1.72. The maximum absolute atomic E-state index is 13.6. The molecule has 3 aliphatic heterocycles. The highest BCUT2D eigenvalue weighted by atomic mass is 16.5. The number of rotatable bonds is 3. The fourth-order valence-electron chi connectivity index (χ4n) is 4.60. The molecule has 0 aliphatic carbocycles. The highest BCUT2D eigenvalue weighted by molar-refractivity contribution is 6.15. The van der Waals surface area contributed by atoms with E-state index in [1.807, 2.05) is 48.5 Å². The summed E-state index contributed by atoms with van der Waals surface area (Å²) in [7, 11) is 1.77. The lowest BCUT2D eigenvalue weighted by atomic mass is 9.93. The molecule has 1 fully saturated rings. The number of benzene rings is 2. The van der Waals surface area contributed by atoms with Crippen LogP contribution < -0.4 is 10.2 Å². The fourth-order valence-corrected chi connectivity index (χ4v) is 4.60. The molecule has 3 heterocycles. The van der Waals surface area contributed by atoms with Crippen molar-refractivity contribution >= 4 is 23.2 Å². The number of morpholine rings is 1. The molecule has 1 N–H and O–H groups in total. The Balaban J connectivity index is 1.59. The summed E-state index contributed by atoms with van der Waals surface area (Å²) in [6, 6.07) is 15.1. The first-order valence-corrected chi connectivity index (χ1v) is 10.00. The zero-order chi connectivity index (χ0) is 20.0. The number of carbonyl (C=O) groups excluding carboxylic acids is 2. The zero-order valence-electron chi connectivity index (χ0n) is 16.4. The van der Waals surface area contributed by atoms with E-state index in [0.29, 0.717) is 37.6 Å². The first-order chi connectivity index (χ1) is 14.1. The van der Waals surface area contributed by atoms with E-state index in [2.05, 4.69) is 10.2 Å². The van der Waals surface area contributed by atoms with Crippen LogP contribution in [-0.2, 0) is 15.2 Å². The molecule has 29 heavy (non-hydrogen) atoms. The quantitative estimate of drug-likeness (QED) is 0.862. The summed E-state index contributed by atoms with van der Waals surface area (Å²) in [5.41, 5.74) is 1.72. The summed E-state index contributed by atoms with van der Waals surface area (Å²) < 4.78 is 5.43. The average Bonchev–Trinajstić information content (AvgIpc) is 2.97. The van der Waals surface area contributed by atoms with Crippen LogP contribution in [0.2, 0.25) is 0 Å². The second-order valence-corrected chi connectivity index (χ2v) is 7.67. The molecule has 1 unspecified atom stereocenters. The van der Waals surface area contributed by atoms with Crippen LogP contribution in [0, 0.1) is 0 Å². The van der Waals surface area contributed by atoms with Crippen molar-refractivity contribution in [1.82, 2.24) is 9.80 Å². The number of para-hydroxylation sites is 2. The topological polar surface area (TPSA) is 65.1 Å². The minimum Gasteiger partial charge on any atom is -0.379 e. The Morgan fingerprint density at radius 3 is 2.55 bits per heavy atom. The summed E-state index contributed by atoms with van der Waals surface area (Å²) in [6.07, 6.45) is 0. The molecule has 2 aromatic carbocycles. The number of amides is 2. The largest absolute Gasteiger partial charge is 0.379 e. The molecule has 150 valence electrons. The summed E-state index contributed by atoms with van der Waals surface area (Å²) in [5.74, 6) is -0.255. The van der Waals surface area contributed by atoms with Gasteiger partial charge in [-0.1, -0.05) is 30.3 Å². The van der Waals surface area contributed by atoms with Gasteiger partial charge >= 0.3 is 0 Å². The number of likely N-dealkylation sites (N-methyl/N-ethyl adjacent to an activating group) is 1. The van der Waals surface area contributed by atoms with Crippen molar-refractivity contribution in [2.24, 2.45) is 0 Å². The molecular formula is C22H24N4O3. The van der Waals surface area contributed by atoms with Gasteiger partial charge in [-0.3, -0.25) is 14.5 Å². The van der Waals surface area contributed by atoms with Crippen LogP contribution in [0.15, 0.2) is 48.5 Å². The third-order valence-electron chi connectivity index (χ3n) is 6.14. The normalized spacial score (nSPS) is 23.9. The molecule has 2 amide bonds. The second kappa shape index (κ2) is 6.86. The van der Waals surface area contributed by atoms with Crippen LogP contribution in [0.25, 0.3) is 0 Å². The van der Waals surface area contributed by atoms with E-state index in [4.69, 9.17) is 4.74 Å². The number of anilines is 2. The Bertz CT molecular complexity index is 972. The smallest absolute Gasteiger partial charge is 0.278 e. The van der Waals surface area contributed by atoms with Crippen molar-refractivity contribution in [1.29, 1.82) is 0 Å². The SMILES string of the molecule is CN1C(=O)C2(Nc3ccccc3C(=O)N2CCN2CCOCC2)c2ccccc21. The number of hydrogen-bond acceptors (Lipinski definition) is 5. The van der Waals surface area contributed by atoms with E-state index in [9.17, 15) is 9.59 Å². The molecule has 0 radical (unpaired) electrons. The van der Waals surface area contributed by atoms with Crippen molar-refractivity contribution in [3.8, 4) is 0 Å². The van der Waals surface area contributed by atoms with Gasteiger partial charge in [0.15, 0.2) is 0 Å². The van der Waals surface area contributed by atoms with Gasteiger partial charge in [0, 0.05) is 44.5 Å². The van der Waals surface area contributed by atoms with Crippen LogP contribution in [0.4, 0.5) is 11.4 Å². The number of nitrogens with one attached hydrogen (secondary N) is 1. The summed E-state index contributed by atoms with van der Waals surface area (Å²) in [6.45, 7) is 4.22. The Labute approximate surface area is 169 Å². The van der Waals surface area contributed by atoms with E-state index in [1.165, 1.54) is 0 Å². The van der Waals surface area contributed by atoms with Gasteiger partial charge in [-0.2, -0.15) is 0 Å². The lowest BCUT2D eigenvalue weighted by Gasteiger charge is -2.45. The van der Waals surface area contributed by atoms with Crippen molar-refractivity contribution in [2.45, 2.75) is 5.66 Å². The van der Waals surface area contributed by atoms with Gasteiger partial charge in [0.1, 0.15) is 0 Å². The fraction of sp³-hybridized carbons (Fsp3) is 0.364. The maximum atomic E-state index is 13.6. The lowest BCUT2D eigenvalue weighted by molar-refractivity contribution is -0.127. The number of hydrogen-bond donors (Lipinski definition) is 1. The standard InChI is InChI=1S/C22H24N4O3/c1-24-19-9-5-3-7-17(19)22(21(24)28)23-18-8-4-2-6-16(18)20(27)26(22)11-10-25-12-14-29-15-13-25/h2-9,23H,10-15H2,1H3. The van der Waals surface area contributed by atoms with Crippen LogP contribution in [0.3, 0.4) is 0 Å². The van der Waals surface area contributed by atoms with Crippen molar-refractivity contribution in [3.05, 3.63) is 59.7 Å². The number of fused-ring (bicyclic) bond motifs is 3. The highest BCUT2D eigenvalue weighted by Gasteiger charge is 2.58. The van der Waals surface area contributed by atoms with Gasteiger partial charge in [0.2, 0.25) is 5.66 Å². The van der Waals surface area contributed by atoms with E-state index in [1.54, 1.807) is 16.8 Å². The van der Waals surface area contributed by atoms with Gasteiger partial charge in [-0.05, 0) is 18.2 Å². The molecule has 3 aliphatic rings. The summed E-state index contributed by atoms with van der Waals surface area (Å²) in [4.78, 5) is 32.8. The van der Waals surface area contributed by atoms with Crippen LogP contribution >= 0.6 is 0 Å². The Hall–Kier alpha value is -2.90. The molecule has 1 saturated heterocycles. The maximum Gasteiger partial charge on any atom is 0.278 e. The highest BCUT2D eigenvalue weighted by Crippen LogP contribution is 2.47. The van der Waals surface area contributed by atoms with Crippen molar-refractivity contribution in [2.75, 3.05) is 56.7 Å². The molecule has 1 spiro atoms. The lowest BCUT2D eigenvalue weighted by Crippen LogP contribution is -2.63. The molecule has 0 aromatic heterocycles. The van der Waals surface area contributed by atoms with Gasteiger partial charge in [0.25, 0.3) is 11.8 Å². The Kier molecular flexibility index (Phi) is 4.29. The molecule has 7 heteroatoms. The van der Waals surface area contributed by atoms with Gasteiger partial charge in [0.05, 0.1) is 24.5 Å². The molecule has 0 saturated carbocycles. The first-order valence-electron chi connectivity index (χ1n) is 10.00. The van der Waals surface area contributed by atoms with Crippen LogP contribution in [0.1, 0.15) is 15.9 Å². The Morgan fingerprint density at radius 2 is 1.72 bits per heavy atom. The third-order valence-corrected chi connectivity index (χ3v) is 6.14. The van der Waals surface area contributed by atoms with Gasteiger partial charge < -0.3 is 19.9 Å². The monoisotopic (exact) mass is 392 g/mol. The van der Waals surface area contributed by atoms with Crippen molar-refractivity contribution < 1.29 is 14.3 Å². The van der Waals surface area contributed by atoms with Crippen LogP contribution in [-0.4, -0.2) is 68.1 Å². The number of ether oxygens (including phenoxy) is 1.